The van der Waals surface area contributed by atoms with Crippen LogP contribution in [0.4, 0.5) is 11.4 Å². The number of aromatic amines is 1. The molecule has 0 saturated heterocycles. The summed E-state index contributed by atoms with van der Waals surface area (Å²) in [5.74, 6) is 0.819. The Morgan fingerprint density at radius 2 is 1.54 bits per heavy atom. The Hall–Kier alpha value is -2.80. The van der Waals surface area contributed by atoms with Gasteiger partial charge in [-0.05, 0) is 30.3 Å². The third-order valence-corrected chi connectivity index (χ3v) is 5.17. The van der Waals surface area contributed by atoms with Crippen LogP contribution in [0, 0.1) is 0 Å². The number of para-hydroxylation sites is 4. The predicted octanol–water partition coefficient (Wildman–Crippen LogP) is 2.05. The van der Waals surface area contributed by atoms with E-state index in [-0.39, 0.29) is 24.0 Å². The molecule has 0 unspecified atom stereocenters. The second-order valence-electron chi connectivity index (χ2n) is 6.67. The molecule has 2 heterocycles. The van der Waals surface area contributed by atoms with Crippen LogP contribution in [0.25, 0.3) is 32.8 Å². The molecule has 0 bridgehead atoms. The van der Waals surface area contributed by atoms with Crippen LogP contribution >= 0.6 is 0 Å². The Balaban J connectivity index is 0.00000192. The fraction of sp³-hybridized carbons (Fsp3) is 0.0870. The molecule has 3 aromatic carbocycles. The smallest absolute Gasteiger partial charge is 0.240 e. The van der Waals surface area contributed by atoms with Gasteiger partial charge in [0.1, 0.15) is 18.3 Å². The molecular weight excluding hydrogens is 461 g/mol. The van der Waals surface area contributed by atoms with E-state index in [2.05, 4.69) is 70.4 Å². The van der Waals surface area contributed by atoms with E-state index in [1.165, 1.54) is 16.4 Å². The molecule has 0 aliphatic heterocycles. The van der Waals surface area contributed by atoms with Crippen molar-refractivity contribution in [2.75, 3.05) is 12.4 Å². The second-order valence-corrected chi connectivity index (χ2v) is 6.67. The summed E-state index contributed by atoms with van der Waals surface area (Å²) in [5, 5.41) is 6.00. The van der Waals surface area contributed by atoms with Crippen molar-refractivity contribution in [2.24, 2.45) is 7.05 Å². The van der Waals surface area contributed by atoms with E-state index in [0.717, 1.165) is 33.5 Å². The molecule has 0 atom stereocenters. The lowest BCUT2D eigenvalue weighted by molar-refractivity contribution is -0.616. The minimum absolute atomic E-state index is 0. The van der Waals surface area contributed by atoms with Crippen molar-refractivity contribution in [2.45, 2.75) is 0 Å². The van der Waals surface area contributed by atoms with Crippen LogP contribution in [0.5, 0.6) is 5.75 Å². The van der Waals surface area contributed by atoms with Gasteiger partial charge in [0.15, 0.2) is 0 Å². The average Bonchev–Trinajstić information content (AvgIpc) is 3.11. The zero-order valence-electron chi connectivity index (χ0n) is 15.7. The lowest BCUT2D eigenvalue weighted by atomic mass is 10.1. The van der Waals surface area contributed by atoms with Crippen molar-refractivity contribution in [3.05, 3.63) is 72.8 Å². The summed E-state index contributed by atoms with van der Waals surface area (Å²) in [4.78, 5) is 3.61. The van der Waals surface area contributed by atoms with Crippen LogP contribution in [0.15, 0.2) is 72.8 Å². The number of nitrogens with zero attached hydrogens (tertiary/aromatic N) is 1. The third kappa shape index (κ3) is 2.77. The number of hydrogen-bond acceptors (Lipinski definition) is 2. The van der Waals surface area contributed by atoms with Crippen LogP contribution in [0.2, 0.25) is 0 Å². The van der Waals surface area contributed by atoms with E-state index in [1.54, 1.807) is 7.11 Å². The summed E-state index contributed by atoms with van der Waals surface area (Å²) in [6.45, 7) is 0. The van der Waals surface area contributed by atoms with Crippen molar-refractivity contribution < 1.29 is 33.3 Å². The predicted molar refractivity (Wildman–Crippen MR) is 111 cm³/mol. The number of halogens is 1. The zero-order chi connectivity index (χ0) is 18.4. The van der Waals surface area contributed by atoms with E-state index in [0.29, 0.717) is 0 Å². The first kappa shape index (κ1) is 18.6. The topological polar surface area (TPSA) is 40.9 Å². The molecule has 2 N–H and O–H groups in total. The molecule has 0 fully saturated rings. The molecule has 2 aromatic heterocycles. The standard InChI is InChI=1S/C23H19N3O.HI/c1-26-19-13-7-4-10-16(19)21(25-18-12-6-8-14-20(18)27-2)22-23(26)15-9-3-5-11-17(15)24-22;/h3-14H,1-2H3,(H,24,25);1H. The zero-order valence-corrected chi connectivity index (χ0v) is 17.8. The number of benzene rings is 3. The lowest BCUT2D eigenvalue weighted by Crippen LogP contribution is -3.00. The fourth-order valence-corrected chi connectivity index (χ4v) is 3.90. The van der Waals surface area contributed by atoms with Gasteiger partial charge in [-0.25, -0.2) is 0 Å². The summed E-state index contributed by atoms with van der Waals surface area (Å²) in [6, 6.07) is 24.9. The number of H-pyrrole nitrogens is 1. The Bertz CT molecular complexity index is 1310. The number of aromatic nitrogens is 2. The minimum Gasteiger partial charge on any atom is -1.00 e. The van der Waals surface area contributed by atoms with Crippen molar-refractivity contribution >= 4 is 44.2 Å². The number of nitrogens with one attached hydrogen (secondary N) is 2. The Morgan fingerprint density at radius 1 is 0.857 bits per heavy atom. The summed E-state index contributed by atoms with van der Waals surface area (Å²) < 4.78 is 7.81. The average molecular weight is 481 g/mol. The summed E-state index contributed by atoms with van der Waals surface area (Å²) >= 11 is 0. The second kappa shape index (κ2) is 7.31. The molecule has 0 saturated carbocycles. The lowest BCUT2D eigenvalue weighted by Gasteiger charge is -2.13. The monoisotopic (exact) mass is 481 g/mol. The Kier molecular flexibility index (Phi) is 4.85. The highest BCUT2D eigenvalue weighted by Gasteiger charge is 2.22. The van der Waals surface area contributed by atoms with Crippen LogP contribution in [0.1, 0.15) is 0 Å². The number of fused-ring (bicyclic) bond motifs is 4. The molecule has 28 heavy (non-hydrogen) atoms. The van der Waals surface area contributed by atoms with Crippen molar-refractivity contribution in [1.29, 1.82) is 0 Å². The molecule has 5 rings (SSSR count). The van der Waals surface area contributed by atoms with E-state index in [1.807, 2.05) is 24.3 Å². The molecule has 0 spiro atoms. The molecule has 0 radical (unpaired) electrons. The maximum Gasteiger partial charge on any atom is 0.240 e. The van der Waals surface area contributed by atoms with Crippen LogP contribution in [-0.2, 0) is 7.05 Å². The summed E-state index contributed by atoms with van der Waals surface area (Å²) in [5.41, 5.74) is 6.57. The largest absolute Gasteiger partial charge is 1.00 e. The van der Waals surface area contributed by atoms with Gasteiger partial charge < -0.3 is 39.0 Å². The normalized spacial score (nSPS) is 10.9. The Labute approximate surface area is 180 Å². The van der Waals surface area contributed by atoms with Gasteiger partial charge in [-0.3, -0.25) is 0 Å². The van der Waals surface area contributed by atoms with Gasteiger partial charge in [0.05, 0.1) is 34.8 Å². The van der Waals surface area contributed by atoms with Crippen molar-refractivity contribution in [1.82, 2.24) is 4.98 Å². The number of pyridine rings is 1. The first-order chi connectivity index (χ1) is 13.3. The van der Waals surface area contributed by atoms with E-state index in [9.17, 15) is 0 Å². The maximum absolute atomic E-state index is 5.55. The molecule has 0 amide bonds. The quantitative estimate of drug-likeness (QED) is 0.306. The molecule has 140 valence electrons. The van der Waals surface area contributed by atoms with Gasteiger partial charge in [0.25, 0.3) is 0 Å². The van der Waals surface area contributed by atoms with Crippen LogP contribution < -0.4 is 38.6 Å². The SMILES string of the molecule is COc1ccccc1Nc1c2ccccc2[n+](C)c2c1[nH]c1ccccc12.[I-]. The van der Waals surface area contributed by atoms with Crippen molar-refractivity contribution in [3.63, 3.8) is 0 Å². The first-order valence-electron chi connectivity index (χ1n) is 8.99. The molecule has 5 heteroatoms. The maximum atomic E-state index is 5.55. The number of anilines is 2. The van der Waals surface area contributed by atoms with E-state index in [4.69, 9.17) is 4.74 Å². The van der Waals surface area contributed by atoms with Gasteiger partial charge in [-0.15, -0.1) is 0 Å². The highest BCUT2D eigenvalue weighted by atomic mass is 127. The third-order valence-electron chi connectivity index (χ3n) is 5.17. The number of aryl methyl sites for hydroxylation is 1. The molecular formula is C23H20IN3O. The van der Waals surface area contributed by atoms with Gasteiger partial charge >= 0.3 is 0 Å². The summed E-state index contributed by atoms with van der Waals surface area (Å²) in [7, 11) is 3.82. The van der Waals surface area contributed by atoms with Gasteiger partial charge in [-0.2, -0.15) is 4.57 Å². The van der Waals surface area contributed by atoms with Gasteiger partial charge in [-0.1, -0.05) is 36.4 Å². The molecule has 4 nitrogen and oxygen atoms in total. The first-order valence-corrected chi connectivity index (χ1v) is 8.99. The van der Waals surface area contributed by atoms with E-state index < -0.39 is 0 Å². The van der Waals surface area contributed by atoms with Crippen molar-refractivity contribution in [3.8, 4) is 5.75 Å². The van der Waals surface area contributed by atoms with E-state index >= 15 is 0 Å². The number of ether oxygens (including phenoxy) is 1. The molecule has 0 aliphatic carbocycles. The molecule has 0 aliphatic rings. The highest BCUT2D eigenvalue weighted by molar-refractivity contribution is 6.13. The minimum atomic E-state index is 0. The van der Waals surface area contributed by atoms with Gasteiger partial charge in [0.2, 0.25) is 11.0 Å². The summed E-state index contributed by atoms with van der Waals surface area (Å²) in [6.07, 6.45) is 0. The number of rotatable bonds is 3. The van der Waals surface area contributed by atoms with Gasteiger partial charge in [0, 0.05) is 6.07 Å². The number of methoxy groups -OCH3 is 1. The van der Waals surface area contributed by atoms with Crippen LogP contribution in [-0.4, -0.2) is 12.1 Å². The number of hydrogen-bond donors (Lipinski definition) is 2. The van der Waals surface area contributed by atoms with Crippen LogP contribution in [0.3, 0.4) is 0 Å². The highest BCUT2D eigenvalue weighted by Crippen LogP contribution is 2.37. The fourth-order valence-electron chi connectivity index (χ4n) is 3.90. The molecule has 5 aromatic rings. The Morgan fingerprint density at radius 3 is 2.36 bits per heavy atom.